The van der Waals surface area contributed by atoms with E-state index in [4.69, 9.17) is 5.73 Å². The van der Waals surface area contributed by atoms with Crippen LogP contribution in [-0.2, 0) is 6.54 Å². The van der Waals surface area contributed by atoms with Crippen LogP contribution in [0.2, 0.25) is 0 Å². The molecule has 1 aromatic rings. The monoisotopic (exact) mass is 232 g/mol. The summed E-state index contributed by atoms with van der Waals surface area (Å²) < 4.78 is 0. The first-order valence-electron chi connectivity index (χ1n) is 6.88. The van der Waals surface area contributed by atoms with Crippen LogP contribution in [0.4, 0.5) is 0 Å². The predicted octanol–water partition coefficient (Wildman–Crippen LogP) is 2.78. The number of nitrogens with zero attached hydrogens (tertiary/aromatic N) is 1. The van der Waals surface area contributed by atoms with Gasteiger partial charge in [-0.25, -0.2) is 0 Å². The van der Waals surface area contributed by atoms with Crippen LogP contribution < -0.4 is 5.73 Å². The molecule has 1 saturated heterocycles. The topological polar surface area (TPSA) is 29.3 Å². The van der Waals surface area contributed by atoms with Crippen LogP contribution in [0.5, 0.6) is 0 Å². The van der Waals surface area contributed by atoms with Gasteiger partial charge in [-0.2, -0.15) is 0 Å². The van der Waals surface area contributed by atoms with Gasteiger partial charge in [0.1, 0.15) is 0 Å². The molecule has 1 heterocycles. The molecule has 17 heavy (non-hydrogen) atoms. The SMILES string of the molecule is NCCCC1CCCCN1Cc1ccccc1. The third kappa shape index (κ3) is 3.83. The minimum atomic E-state index is 0.757. The van der Waals surface area contributed by atoms with Crippen LogP contribution in [0.1, 0.15) is 37.7 Å². The summed E-state index contributed by atoms with van der Waals surface area (Å²) in [7, 11) is 0. The highest BCUT2D eigenvalue weighted by atomic mass is 15.2. The molecule has 1 aliphatic rings. The van der Waals surface area contributed by atoms with Crippen molar-refractivity contribution in [2.45, 2.75) is 44.7 Å². The fraction of sp³-hybridized carbons (Fsp3) is 0.600. The molecule has 2 heteroatoms. The maximum absolute atomic E-state index is 5.63. The number of rotatable bonds is 5. The Bertz CT molecular complexity index is 310. The Morgan fingerprint density at radius 2 is 2.00 bits per heavy atom. The molecule has 0 aromatic heterocycles. The van der Waals surface area contributed by atoms with Crippen molar-refractivity contribution < 1.29 is 0 Å². The number of hydrogen-bond acceptors (Lipinski definition) is 2. The molecule has 2 nitrogen and oxygen atoms in total. The Morgan fingerprint density at radius 1 is 1.18 bits per heavy atom. The van der Waals surface area contributed by atoms with E-state index in [1.165, 1.54) is 37.8 Å². The number of hydrogen-bond donors (Lipinski definition) is 1. The lowest BCUT2D eigenvalue weighted by Gasteiger charge is -2.36. The number of benzene rings is 1. The van der Waals surface area contributed by atoms with Gasteiger partial charge in [0.05, 0.1) is 0 Å². The summed E-state index contributed by atoms with van der Waals surface area (Å²) in [5.74, 6) is 0. The summed E-state index contributed by atoms with van der Waals surface area (Å²) >= 11 is 0. The Kier molecular flexibility index (Phi) is 5.02. The third-order valence-corrected chi connectivity index (χ3v) is 3.72. The van der Waals surface area contributed by atoms with Gasteiger partial charge < -0.3 is 5.73 Å². The summed E-state index contributed by atoms with van der Waals surface area (Å²) in [6.07, 6.45) is 6.53. The average Bonchev–Trinajstić information content (AvgIpc) is 2.39. The fourth-order valence-electron chi connectivity index (χ4n) is 2.77. The minimum Gasteiger partial charge on any atom is -0.330 e. The van der Waals surface area contributed by atoms with Crippen LogP contribution in [0.25, 0.3) is 0 Å². The zero-order valence-corrected chi connectivity index (χ0v) is 10.6. The van der Waals surface area contributed by atoms with Crippen molar-refractivity contribution in [3.05, 3.63) is 35.9 Å². The normalized spacial score (nSPS) is 21.6. The molecule has 0 bridgehead atoms. The molecular weight excluding hydrogens is 208 g/mol. The van der Waals surface area contributed by atoms with Crippen molar-refractivity contribution in [1.29, 1.82) is 0 Å². The lowest BCUT2D eigenvalue weighted by atomic mass is 9.97. The lowest BCUT2D eigenvalue weighted by Crippen LogP contribution is -2.39. The molecule has 0 aliphatic carbocycles. The second-order valence-corrected chi connectivity index (χ2v) is 5.04. The lowest BCUT2D eigenvalue weighted by molar-refractivity contribution is 0.131. The van der Waals surface area contributed by atoms with Crippen molar-refractivity contribution in [3.63, 3.8) is 0 Å². The smallest absolute Gasteiger partial charge is 0.0236 e. The quantitative estimate of drug-likeness (QED) is 0.846. The van der Waals surface area contributed by atoms with Crippen LogP contribution in [-0.4, -0.2) is 24.0 Å². The van der Waals surface area contributed by atoms with Gasteiger partial charge in [-0.05, 0) is 44.3 Å². The zero-order valence-electron chi connectivity index (χ0n) is 10.6. The predicted molar refractivity (Wildman–Crippen MR) is 72.8 cm³/mol. The molecule has 0 amide bonds. The molecule has 1 unspecified atom stereocenters. The summed E-state index contributed by atoms with van der Waals surface area (Å²) in [6, 6.07) is 11.6. The molecule has 0 spiro atoms. The van der Waals surface area contributed by atoms with Gasteiger partial charge in [-0.15, -0.1) is 0 Å². The van der Waals surface area contributed by atoms with Crippen molar-refractivity contribution in [2.75, 3.05) is 13.1 Å². The van der Waals surface area contributed by atoms with E-state index < -0.39 is 0 Å². The standard InChI is InChI=1S/C15H24N2/c16-11-6-10-15-9-4-5-12-17(15)13-14-7-2-1-3-8-14/h1-3,7-8,15H,4-6,9-13,16H2. The van der Waals surface area contributed by atoms with Crippen LogP contribution in [0.3, 0.4) is 0 Å². The largest absolute Gasteiger partial charge is 0.330 e. The fourth-order valence-corrected chi connectivity index (χ4v) is 2.77. The van der Waals surface area contributed by atoms with E-state index in [1.807, 2.05) is 0 Å². The average molecular weight is 232 g/mol. The molecule has 2 rings (SSSR count). The summed E-state index contributed by atoms with van der Waals surface area (Å²) in [6.45, 7) is 3.19. The molecule has 94 valence electrons. The molecular formula is C15H24N2. The first kappa shape index (κ1) is 12.6. The van der Waals surface area contributed by atoms with E-state index in [1.54, 1.807) is 0 Å². The van der Waals surface area contributed by atoms with Crippen molar-refractivity contribution >= 4 is 0 Å². The summed E-state index contributed by atoms with van der Waals surface area (Å²) in [5.41, 5.74) is 7.06. The number of piperidine rings is 1. The first-order chi connectivity index (χ1) is 8.40. The van der Waals surface area contributed by atoms with E-state index in [9.17, 15) is 0 Å². The highest BCUT2D eigenvalue weighted by molar-refractivity contribution is 5.14. The summed E-state index contributed by atoms with van der Waals surface area (Å²) in [4.78, 5) is 2.65. The van der Waals surface area contributed by atoms with E-state index in [0.29, 0.717) is 0 Å². The molecule has 1 fully saturated rings. The van der Waals surface area contributed by atoms with Gasteiger partial charge >= 0.3 is 0 Å². The van der Waals surface area contributed by atoms with Crippen LogP contribution in [0.15, 0.2) is 30.3 Å². The Labute approximate surface area is 105 Å². The van der Waals surface area contributed by atoms with E-state index in [-0.39, 0.29) is 0 Å². The third-order valence-electron chi connectivity index (χ3n) is 3.72. The highest BCUT2D eigenvalue weighted by Gasteiger charge is 2.21. The molecule has 1 aliphatic heterocycles. The zero-order chi connectivity index (χ0) is 11.9. The van der Waals surface area contributed by atoms with E-state index in [2.05, 4.69) is 35.2 Å². The second-order valence-electron chi connectivity index (χ2n) is 5.04. The molecule has 1 aromatic carbocycles. The van der Waals surface area contributed by atoms with Crippen LogP contribution in [0, 0.1) is 0 Å². The van der Waals surface area contributed by atoms with E-state index in [0.717, 1.165) is 25.6 Å². The molecule has 0 radical (unpaired) electrons. The van der Waals surface area contributed by atoms with Gasteiger partial charge in [0.2, 0.25) is 0 Å². The molecule has 2 N–H and O–H groups in total. The van der Waals surface area contributed by atoms with Crippen molar-refractivity contribution in [1.82, 2.24) is 4.90 Å². The van der Waals surface area contributed by atoms with Gasteiger partial charge in [-0.1, -0.05) is 36.8 Å². The highest BCUT2D eigenvalue weighted by Crippen LogP contribution is 2.22. The Balaban J connectivity index is 1.92. The van der Waals surface area contributed by atoms with Crippen molar-refractivity contribution in [3.8, 4) is 0 Å². The summed E-state index contributed by atoms with van der Waals surface area (Å²) in [5, 5.41) is 0. The molecule has 0 saturated carbocycles. The molecule has 1 atom stereocenters. The number of nitrogens with two attached hydrogens (primary N) is 1. The maximum Gasteiger partial charge on any atom is 0.0236 e. The second kappa shape index (κ2) is 6.77. The van der Waals surface area contributed by atoms with Crippen molar-refractivity contribution in [2.24, 2.45) is 5.73 Å². The van der Waals surface area contributed by atoms with Gasteiger partial charge in [0.15, 0.2) is 0 Å². The van der Waals surface area contributed by atoms with Gasteiger partial charge in [0, 0.05) is 12.6 Å². The van der Waals surface area contributed by atoms with Gasteiger partial charge in [-0.3, -0.25) is 4.90 Å². The minimum absolute atomic E-state index is 0.757. The Hall–Kier alpha value is -0.860. The van der Waals surface area contributed by atoms with E-state index >= 15 is 0 Å². The maximum atomic E-state index is 5.63. The van der Waals surface area contributed by atoms with Crippen LogP contribution >= 0.6 is 0 Å². The Morgan fingerprint density at radius 3 is 2.76 bits per heavy atom. The number of likely N-dealkylation sites (tertiary alicyclic amines) is 1. The van der Waals surface area contributed by atoms with Gasteiger partial charge in [0.25, 0.3) is 0 Å². The first-order valence-corrected chi connectivity index (χ1v) is 6.88.